The van der Waals surface area contributed by atoms with Crippen molar-refractivity contribution in [3.63, 3.8) is 0 Å². The predicted molar refractivity (Wildman–Crippen MR) is 104 cm³/mol. The van der Waals surface area contributed by atoms with E-state index < -0.39 is 0 Å². The van der Waals surface area contributed by atoms with Crippen LogP contribution in [0, 0.1) is 5.92 Å². The van der Waals surface area contributed by atoms with Gasteiger partial charge in [0.1, 0.15) is 0 Å². The van der Waals surface area contributed by atoms with Crippen molar-refractivity contribution in [1.29, 1.82) is 0 Å². The maximum absolute atomic E-state index is 12.3. The van der Waals surface area contributed by atoms with E-state index in [1.807, 2.05) is 0 Å². The fourth-order valence-corrected chi connectivity index (χ4v) is 3.15. The first kappa shape index (κ1) is 21.1. The number of nitrogens with zero attached hydrogens (tertiary/aromatic N) is 1. The zero-order valence-electron chi connectivity index (χ0n) is 16.1. The van der Waals surface area contributed by atoms with E-state index in [9.17, 15) is 14.4 Å². The third-order valence-corrected chi connectivity index (χ3v) is 4.70. The number of hydrogen-bond acceptors (Lipinski definition) is 5. The number of amides is 2. The molecule has 0 saturated carbocycles. The van der Waals surface area contributed by atoms with Crippen molar-refractivity contribution >= 4 is 23.3 Å². The van der Waals surface area contributed by atoms with E-state index in [1.165, 1.54) is 6.92 Å². The summed E-state index contributed by atoms with van der Waals surface area (Å²) in [4.78, 5) is 37.9. The molecule has 7 nitrogen and oxygen atoms in total. The highest BCUT2D eigenvalue weighted by atomic mass is 16.5. The number of ether oxygens (including phenoxy) is 1. The van der Waals surface area contributed by atoms with Crippen molar-refractivity contribution in [3.8, 4) is 0 Å². The van der Waals surface area contributed by atoms with Gasteiger partial charge in [0.15, 0.2) is 5.78 Å². The number of carbonyl (C=O) groups excluding carboxylic acids is 3. The van der Waals surface area contributed by atoms with Gasteiger partial charge in [0.2, 0.25) is 11.8 Å². The molecule has 1 aliphatic rings. The number of anilines is 1. The van der Waals surface area contributed by atoms with Crippen molar-refractivity contribution in [2.45, 2.75) is 26.2 Å². The monoisotopic (exact) mass is 375 g/mol. The van der Waals surface area contributed by atoms with Crippen LogP contribution in [0.15, 0.2) is 24.3 Å². The van der Waals surface area contributed by atoms with E-state index in [0.29, 0.717) is 24.4 Å². The maximum Gasteiger partial charge on any atom is 0.238 e. The Morgan fingerprint density at radius 2 is 1.96 bits per heavy atom. The van der Waals surface area contributed by atoms with Gasteiger partial charge in [-0.05, 0) is 51.4 Å². The first-order valence-electron chi connectivity index (χ1n) is 9.39. The number of piperidine rings is 1. The summed E-state index contributed by atoms with van der Waals surface area (Å²) in [5, 5.41) is 5.78. The number of hydrogen-bond donors (Lipinski definition) is 2. The van der Waals surface area contributed by atoms with Crippen LogP contribution in [0.25, 0.3) is 0 Å². The molecule has 0 spiro atoms. The van der Waals surface area contributed by atoms with E-state index in [1.54, 1.807) is 31.4 Å². The average Bonchev–Trinajstić information content (AvgIpc) is 2.65. The minimum absolute atomic E-state index is 0.0131. The van der Waals surface area contributed by atoms with Crippen LogP contribution in [0.5, 0.6) is 0 Å². The number of benzene rings is 1. The van der Waals surface area contributed by atoms with Crippen LogP contribution in [0.3, 0.4) is 0 Å². The van der Waals surface area contributed by atoms with Gasteiger partial charge in [-0.3, -0.25) is 19.3 Å². The van der Waals surface area contributed by atoms with Crippen LogP contribution >= 0.6 is 0 Å². The summed E-state index contributed by atoms with van der Waals surface area (Å²) in [6.45, 7) is 4.50. The van der Waals surface area contributed by atoms with Gasteiger partial charge < -0.3 is 15.4 Å². The molecule has 1 heterocycles. The standard InChI is InChI=1S/C20H29N3O4/c1-15(24)17-5-3-6-18(13-17)22-19(25)14-23-10-7-16(8-11-23)20(26)21-9-4-12-27-2/h3,5-6,13,16H,4,7-12,14H2,1-2H3,(H,21,26)(H,22,25). The van der Waals surface area contributed by atoms with Crippen molar-refractivity contribution in [2.75, 3.05) is 45.2 Å². The molecule has 0 aliphatic carbocycles. The van der Waals surface area contributed by atoms with E-state index in [2.05, 4.69) is 15.5 Å². The first-order valence-corrected chi connectivity index (χ1v) is 9.39. The zero-order chi connectivity index (χ0) is 19.6. The summed E-state index contributed by atoms with van der Waals surface area (Å²) in [5.74, 6) is -0.0396. The molecule has 0 atom stereocenters. The molecule has 1 aromatic carbocycles. The van der Waals surface area contributed by atoms with E-state index >= 15 is 0 Å². The largest absolute Gasteiger partial charge is 0.385 e. The van der Waals surface area contributed by atoms with Crippen LogP contribution in [0.4, 0.5) is 5.69 Å². The molecule has 2 rings (SSSR count). The predicted octanol–water partition coefficient (Wildman–Crippen LogP) is 1.69. The van der Waals surface area contributed by atoms with Gasteiger partial charge in [-0.25, -0.2) is 0 Å². The second kappa shape index (κ2) is 10.8. The minimum Gasteiger partial charge on any atom is -0.385 e. The number of ketones is 1. The molecule has 0 bridgehead atoms. The quantitative estimate of drug-likeness (QED) is 0.507. The number of Topliss-reactive ketones (excluding diaryl/α,β-unsaturated/α-hetero) is 1. The van der Waals surface area contributed by atoms with Gasteiger partial charge in [0.05, 0.1) is 6.54 Å². The summed E-state index contributed by atoms with van der Waals surface area (Å²) in [6, 6.07) is 6.93. The van der Waals surface area contributed by atoms with Crippen LogP contribution in [0.1, 0.15) is 36.5 Å². The van der Waals surface area contributed by atoms with Crippen molar-refractivity contribution in [2.24, 2.45) is 5.92 Å². The molecule has 1 aromatic rings. The molecule has 0 unspecified atom stereocenters. The fraction of sp³-hybridized carbons (Fsp3) is 0.550. The van der Waals surface area contributed by atoms with Crippen molar-refractivity contribution < 1.29 is 19.1 Å². The van der Waals surface area contributed by atoms with Crippen LogP contribution < -0.4 is 10.6 Å². The highest BCUT2D eigenvalue weighted by Crippen LogP contribution is 2.17. The average molecular weight is 375 g/mol. The summed E-state index contributed by atoms with van der Waals surface area (Å²) >= 11 is 0. The lowest BCUT2D eigenvalue weighted by molar-refractivity contribution is -0.126. The molecule has 1 fully saturated rings. The molecular weight excluding hydrogens is 346 g/mol. The smallest absolute Gasteiger partial charge is 0.238 e. The molecule has 0 aromatic heterocycles. The topological polar surface area (TPSA) is 87.7 Å². The molecule has 148 valence electrons. The second-order valence-corrected chi connectivity index (χ2v) is 6.87. The Morgan fingerprint density at radius 3 is 2.63 bits per heavy atom. The minimum atomic E-state index is -0.113. The Balaban J connectivity index is 1.72. The molecule has 2 amide bonds. The van der Waals surface area contributed by atoms with E-state index in [0.717, 1.165) is 32.4 Å². The molecule has 2 N–H and O–H groups in total. The van der Waals surface area contributed by atoms with E-state index in [4.69, 9.17) is 4.74 Å². The van der Waals surface area contributed by atoms with Gasteiger partial charge in [-0.1, -0.05) is 12.1 Å². The lowest BCUT2D eigenvalue weighted by atomic mass is 9.96. The number of nitrogens with one attached hydrogen (secondary N) is 2. The third kappa shape index (κ3) is 7.11. The third-order valence-electron chi connectivity index (χ3n) is 4.70. The maximum atomic E-state index is 12.3. The van der Waals surface area contributed by atoms with Crippen LogP contribution in [0.2, 0.25) is 0 Å². The lowest BCUT2D eigenvalue weighted by Crippen LogP contribution is -2.43. The van der Waals surface area contributed by atoms with Gasteiger partial charge in [-0.15, -0.1) is 0 Å². The van der Waals surface area contributed by atoms with Gasteiger partial charge in [0, 0.05) is 37.4 Å². The van der Waals surface area contributed by atoms with Crippen LogP contribution in [-0.2, 0) is 14.3 Å². The Bertz CT molecular complexity index is 654. The zero-order valence-corrected chi connectivity index (χ0v) is 16.1. The lowest BCUT2D eigenvalue weighted by Gasteiger charge is -2.30. The Hall–Kier alpha value is -2.25. The summed E-state index contributed by atoms with van der Waals surface area (Å²) in [6.07, 6.45) is 2.32. The Morgan fingerprint density at radius 1 is 1.22 bits per heavy atom. The second-order valence-electron chi connectivity index (χ2n) is 6.87. The van der Waals surface area contributed by atoms with Crippen molar-refractivity contribution in [3.05, 3.63) is 29.8 Å². The molecule has 1 saturated heterocycles. The molecule has 27 heavy (non-hydrogen) atoms. The normalized spacial score (nSPS) is 15.3. The number of rotatable bonds is 9. The number of methoxy groups -OCH3 is 1. The summed E-state index contributed by atoms with van der Waals surface area (Å²) in [7, 11) is 1.65. The van der Waals surface area contributed by atoms with Crippen LogP contribution in [-0.4, -0.2) is 62.4 Å². The Labute approximate surface area is 160 Å². The van der Waals surface area contributed by atoms with Gasteiger partial charge in [0.25, 0.3) is 0 Å². The molecule has 7 heteroatoms. The molecular formula is C20H29N3O4. The highest BCUT2D eigenvalue weighted by Gasteiger charge is 2.25. The Kier molecular flexibility index (Phi) is 8.42. The van der Waals surface area contributed by atoms with E-state index in [-0.39, 0.29) is 30.1 Å². The first-order chi connectivity index (χ1) is 13.0. The van der Waals surface area contributed by atoms with Gasteiger partial charge in [-0.2, -0.15) is 0 Å². The summed E-state index contributed by atoms with van der Waals surface area (Å²) in [5.41, 5.74) is 1.20. The molecule has 1 aliphatic heterocycles. The number of likely N-dealkylation sites (tertiary alicyclic amines) is 1. The van der Waals surface area contributed by atoms with Crippen molar-refractivity contribution in [1.82, 2.24) is 10.2 Å². The highest BCUT2D eigenvalue weighted by molar-refractivity contribution is 5.97. The molecule has 0 radical (unpaired) electrons. The SMILES string of the molecule is COCCCNC(=O)C1CCN(CC(=O)Nc2cccc(C(C)=O)c2)CC1. The van der Waals surface area contributed by atoms with Gasteiger partial charge >= 0.3 is 0 Å². The number of carbonyl (C=O) groups is 3. The fourth-order valence-electron chi connectivity index (χ4n) is 3.15. The summed E-state index contributed by atoms with van der Waals surface area (Å²) < 4.78 is 4.97.